The van der Waals surface area contributed by atoms with Crippen LogP contribution in [0.25, 0.3) is 27.6 Å². The number of hydrogen-bond donors (Lipinski definition) is 0. The summed E-state index contributed by atoms with van der Waals surface area (Å²) in [5, 5.41) is 2.29. The van der Waals surface area contributed by atoms with Crippen molar-refractivity contribution in [3.8, 4) is 17.3 Å². The second-order valence-electron chi connectivity index (χ2n) is 15.1. The van der Waals surface area contributed by atoms with Crippen LogP contribution in [0.5, 0.6) is 11.5 Å². The Hall–Kier alpha value is -4.86. The van der Waals surface area contributed by atoms with Gasteiger partial charge < -0.3 is 19.1 Å². The van der Waals surface area contributed by atoms with Gasteiger partial charge in [0.1, 0.15) is 5.82 Å². The molecule has 0 saturated carbocycles. The molecule has 0 atom stereocenters. The van der Waals surface area contributed by atoms with E-state index in [1.54, 1.807) is 0 Å². The molecule has 0 bridgehead atoms. The molecule has 0 saturated heterocycles. The molecule has 0 aliphatic carbocycles. The summed E-state index contributed by atoms with van der Waals surface area (Å²) in [6.45, 7) is 16.3. The fraction of sp³-hybridized carbons (Fsp3) is 0.200. The first kappa shape index (κ1) is 34.6. The van der Waals surface area contributed by atoms with Gasteiger partial charge >= 0.3 is 0 Å². The van der Waals surface area contributed by atoms with Crippen LogP contribution in [-0.2, 0) is 38.4 Å². The molecule has 51 heavy (non-hydrogen) atoms. The Balaban J connectivity index is 0.00000406. The average Bonchev–Trinajstić information content (AvgIpc) is 3.63. The monoisotopic (exact) mass is 848 g/mol. The summed E-state index contributed by atoms with van der Waals surface area (Å²) >= 11 is 0. The SMILES string of the molecule is CC(C)(C)c1ccc(-n2c3[c-]c(Oc4[c-]c(N5[CH-]N(Cc6ccccc6)c6ccccc65)ccc4)ccc3c3cc(C(C)(C)C)ccc32)nc1.[Pt]. The average molecular weight is 849 g/mol. The topological polar surface area (TPSA) is 33.5 Å². The van der Waals surface area contributed by atoms with Crippen LogP contribution in [0.1, 0.15) is 58.2 Å². The Morgan fingerprint density at radius 2 is 1.37 bits per heavy atom. The van der Waals surface area contributed by atoms with E-state index in [4.69, 9.17) is 9.72 Å². The number of benzene rings is 5. The quantitative estimate of drug-likeness (QED) is 0.156. The van der Waals surface area contributed by atoms with Crippen LogP contribution in [-0.4, -0.2) is 9.55 Å². The Bertz CT molecular complexity index is 2330. The molecule has 0 amide bonds. The number of hydrogen-bond acceptors (Lipinski definition) is 4. The molecule has 5 nitrogen and oxygen atoms in total. The van der Waals surface area contributed by atoms with Crippen LogP contribution < -0.4 is 14.5 Å². The van der Waals surface area contributed by atoms with E-state index in [0.717, 1.165) is 45.8 Å². The molecule has 8 rings (SSSR count). The summed E-state index contributed by atoms with van der Waals surface area (Å²) in [5.74, 6) is 2.09. The first-order chi connectivity index (χ1) is 24.0. The molecule has 1 aliphatic heterocycles. The third-order valence-corrected chi connectivity index (χ3v) is 9.49. The minimum absolute atomic E-state index is 0. The molecule has 0 fully saturated rings. The van der Waals surface area contributed by atoms with Gasteiger partial charge in [-0.05, 0) is 57.2 Å². The number of nitrogens with zero attached hydrogens (tertiary/aromatic N) is 4. The van der Waals surface area contributed by atoms with Crippen molar-refractivity contribution in [3.63, 3.8) is 0 Å². The molecule has 6 heteroatoms. The number of ether oxygens (including phenoxy) is 1. The van der Waals surface area contributed by atoms with Crippen molar-refractivity contribution < 1.29 is 25.8 Å². The minimum Gasteiger partial charge on any atom is -0.509 e. The summed E-state index contributed by atoms with van der Waals surface area (Å²) in [7, 11) is 0. The van der Waals surface area contributed by atoms with E-state index in [0.29, 0.717) is 11.5 Å². The Kier molecular flexibility index (Phi) is 9.06. The van der Waals surface area contributed by atoms with E-state index >= 15 is 0 Å². The standard InChI is InChI=1S/C45H41N4O.Pt/c1-44(2,3)32-19-23-39-38(25-32)37-22-21-36(27-42(37)49(39)43-24-20-33(28-46-43)45(4,5)6)50-35-16-12-15-34(26-35)48-30-47(29-31-13-8-7-9-14-31)40-17-10-11-18-41(40)48;/h7-25,28,30H,29H2,1-6H3;/q-3;. The number of anilines is 3. The molecule has 7 aromatic rings. The molecular formula is C45H41N4OPt-3. The summed E-state index contributed by atoms with van der Waals surface area (Å²) in [5.41, 5.74) is 8.95. The summed E-state index contributed by atoms with van der Waals surface area (Å²) in [4.78, 5) is 9.42. The summed E-state index contributed by atoms with van der Waals surface area (Å²) < 4.78 is 8.73. The van der Waals surface area contributed by atoms with Gasteiger partial charge in [-0.3, -0.25) is 0 Å². The van der Waals surface area contributed by atoms with Crippen LogP contribution in [0.4, 0.5) is 17.1 Å². The Morgan fingerprint density at radius 1 is 0.667 bits per heavy atom. The van der Waals surface area contributed by atoms with Gasteiger partial charge in [-0.2, -0.15) is 18.8 Å². The second-order valence-corrected chi connectivity index (χ2v) is 15.1. The number of aromatic nitrogens is 2. The van der Waals surface area contributed by atoms with E-state index in [1.165, 1.54) is 22.1 Å². The van der Waals surface area contributed by atoms with Gasteiger partial charge in [0.2, 0.25) is 0 Å². The predicted octanol–water partition coefficient (Wildman–Crippen LogP) is 11.4. The maximum atomic E-state index is 6.53. The maximum Gasteiger partial charge on any atom is 0.135 e. The van der Waals surface area contributed by atoms with E-state index in [2.05, 4.69) is 172 Å². The van der Waals surface area contributed by atoms with E-state index in [-0.39, 0.29) is 31.9 Å². The zero-order valence-corrected chi connectivity index (χ0v) is 32.1. The fourth-order valence-electron chi connectivity index (χ4n) is 6.68. The third kappa shape index (κ3) is 6.68. The van der Waals surface area contributed by atoms with Crippen molar-refractivity contribution in [2.75, 3.05) is 9.80 Å². The number of rotatable bonds is 6. The largest absolute Gasteiger partial charge is 0.509 e. The fourth-order valence-corrected chi connectivity index (χ4v) is 6.68. The second kappa shape index (κ2) is 13.4. The third-order valence-electron chi connectivity index (χ3n) is 9.49. The number of fused-ring (bicyclic) bond motifs is 4. The van der Waals surface area contributed by atoms with Crippen molar-refractivity contribution in [1.82, 2.24) is 9.55 Å². The number of pyridine rings is 1. The molecule has 3 heterocycles. The smallest absolute Gasteiger partial charge is 0.135 e. The van der Waals surface area contributed by atoms with E-state index in [9.17, 15) is 0 Å². The molecule has 1 aliphatic rings. The Morgan fingerprint density at radius 3 is 2.10 bits per heavy atom. The predicted molar refractivity (Wildman–Crippen MR) is 206 cm³/mol. The van der Waals surface area contributed by atoms with E-state index in [1.807, 2.05) is 24.4 Å². The van der Waals surface area contributed by atoms with Crippen LogP contribution >= 0.6 is 0 Å². The Labute approximate surface area is 315 Å². The van der Waals surface area contributed by atoms with Crippen molar-refractivity contribution in [2.24, 2.45) is 0 Å². The van der Waals surface area contributed by atoms with E-state index < -0.39 is 0 Å². The van der Waals surface area contributed by atoms with Gasteiger partial charge in [0.25, 0.3) is 0 Å². The first-order valence-corrected chi connectivity index (χ1v) is 17.2. The van der Waals surface area contributed by atoms with Gasteiger partial charge in [0.05, 0.1) is 0 Å². The van der Waals surface area contributed by atoms with Crippen LogP contribution in [0.2, 0.25) is 0 Å². The molecule has 2 aromatic heterocycles. The van der Waals surface area contributed by atoms with Crippen molar-refractivity contribution >= 4 is 38.9 Å². The van der Waals surface area contributed by atoms with Gasteiger partial charge in [-0.1, -0.05) is 108 Å². The zero-order chi connectivity index (χ0) is 34.6. The zero-order valence-electron chi connectivity index (χ0n) is 29.8. The van der Waals surface area contributed by atoms with Gasteiger partial charge in [0, 0.05) is 62.2 Å². The molecule has 5 aromatic carbocycles. The number of para-hydroxylation sites is 2. The van der Waals surface area contributed by atoms with Crippen LogP contribution in [0, 0.1) is 18.8 Å². The first-order valence-electron chi connectivity index (χ1n) is 17.2. The summed E-state index contributed by atoms with van der Waals surface area (Å²) in [6.07, 6.45) is 1.99. The van der Waals surface area contributed by atoms with Crippen molar-refractivity contribution in [1.29, 1.82) is 0 Å². The van der Waals surface area contributed by atoms with Crippen LogP contribution in [0.3, 0.4) is 0 Å². The van der Waals surface area contributed by atoms with Crippen molar-refractivity contribution in [3.05, 3.63) is 157 Å². The van der Waals surface area contributed by atoms with Crippen LogP contribution in [0.15, 0.2) is 121 Å². The minimum atomic E-state index is 0. The van der Waals surface area contributed by atoms with Gasteiger partial charge in [0.15, 0.2) is 0 Å². The van der Waals surface area contributed by atoms with Gasteiger partial charge in [-0.25, -0.2) is 4.98 Å². The molecule has 0 unspecified atom stereocenters. The summed E-state index contributed by atoms with van der Waals surface area (Å²) in [6, 6.07) is 47.4. The molecule has 0 spiro atoms. The molecular weight excluding hydrogens is 808 g/mol. The van der Waals surface area contributed by atoms with Crippen molar-refractivity contribution in [2.45, 2.75) is 58.9 Å². The van der Waals surface area contributed by atoms with Gasteiger partial charge in [-0.15, -0.1) is 41.4 Å². The normalized spacial score (nSPS) is 13.1. The molecule has 260 valence electrons. The molecule has 0 radical (unpaired) electrons. The maximum absolute atomic E-state index is 6.53. The molecule has 0 N–H and O–H groups in total.